The number of rotatable bonds is 4. The molecule has 3 unspecified atom stereocenters. The van der Waals surface area contributed by atoms with Gasteiger partial charge in [0.05, 0.1) is 0 Å². The first-order valence-corrected chi connectivity index (χ1v) is 8.77. The number of carbonyl (C=O) groups is 1. The maximum absolute atomic E-state index is 12.7. The number of hydrogen-bond acceptors (Lipinski definition) is 3. The summed E-state index contributed by atoms with van der Waals surface area (Å²) in [6.07, 6.45) is 4.07. The van der Waals surface area contributed by atoms with Crippen molar-refractivity contribution in [1.29, 1.82) is 0 Å². The average molecular weight is 373 g/mol. The Balaban J connectivity index is 0.00000208. The second kappa shape index (κ2) is 7.94. The Labute approximate surface area is 155 Å². The van der Waals surface area contributed by atoms with Crippen LogP contribution in [0, 0.1) is 6.92 Å². The number of hydrogen-bond donors (Lipinski definition) is 1. The molecule has 0 aliphatic carbocycles. The van der Waals surface area contributed by atoms with Gasteiger partial charge in [-0.05, 0) is 63.3 Å². The molecule has 24 heavy (non-hydrogen) atoms. The highest BCUT2D eigenvalue weighted by atomic mass is 35.5. The summed E-state index contributed by atoms with van der Waals surface area (Å²) >= 11 is 5.96. The molecule has 0 spiro atoms. The molecule has 1 amide bonds. The van der Waals surface area contributed by atoms with Crippen LogP contribution in [0.15, 0.2) is 18.2 Å². The monoisotopic (exact) mass is 372 g/mol. The van der Waals surface area contributed by atoms with Gasteiger partial charge in [0.1, 0.15) is 5.75 Å². The number of fused-ring (bicyclic) bond motifs is 2. The molecular formula is C18H26Cl2N2O2. The molecule has 3 atom stereocenters. The maximum atomic E-state index is 12.7. The highest BCUT2D eigenvalue weighted by Gasteiger charge is 2.37. The molecule has 4 nitrogen and oxygen atoms in total. The maximum Gasteiger partial charge on any atom is 0.263 e. The minimum atomic E-state index is -0.493. The molecule has 2 aliphatic rings. The molecule has 2 bridgehead atoms. The average Bonchev–Trinajstić information content (AvgIpc) is 2.86. The van der Waals surface area contributed by atoms with Crippen molar-refractivity contribution in [3.05, 3.63) is 28.8 Å². The third kappa shape index (κ3) is 4.16. The summed E-state index contributed by atoms with van der Waals surface area (Å²) in [6.45, 7) is 3.76. The molecule has 0 radical (unpaired) electrons. The van der Waals surface area contributed by atoms with E-state index in [1.165, 1.54) is 12.8 Å². The molecule has 1 aromatic carbocycles. The number of nitrogens with zero attached hydrogens (tertiary/aromatic N) is 1. The number of likely N-dealkylation sites (N-methyl/N-ethyl adjacent to an activating group) is 1. The molecular weight excluding hydrogens is 347 g/mol. The summed E-state index contributed by atoms with van der Waals surface area (Å²) in [5, 5.41) is 4.29. The van der Waals surface area contributed by atoms with Crippen molar-refractivity contribution in [2.45, 2.75) is 63.8 Å². The van der Waals surface area contributed by atoms with Gasteiger partial charge < -0.3 is 15.0 Å². The smallest absolute Gasteiger partial charge is 0.263 e. The van der Waals surface area contributed by atoms with Gasteiger partial charge in [-0.3, -0.25) is 4.79 Å². The summed E-state index contributed by atoms with van der Waals surface area (Å²) in [4.78, 5) is 14.6. The fraction of sp³-hybridized carbons (Fsp3) is 0.611. The van der Waals surface area contributed by atoms with Crippen LogP contribution in [-0.2, 0) is 4.79 Å². The van der Waals surface area contributed by atoms with E-state index in [0.29, 0.717) is 28.9 Å². The number of piperidine rings is 1. The number of amides is 1. The highest BCUT2D eigenvalue weighted by Crippen LogP contribution is 2.30. The molecule has 1 aromatic rings. The fourth-order valence-electron chi connectivity index (χ4n) is 3.80. The quantitative estimate of drug-likeness (QED) is 0.877. The third-order valence-corrected chi connectivity index (χ3v) is 5.37. The second-order valence-electron chi connectivity index (χ2n) is 6.88. The van der Waals surface area contributed by atoms with Crippen LogP contribution in [0.4, 0.5) is 0 Å². The van der Waals surface area contributed by atoms with Crippen LogP contribution in [-0.4, -0.2) is 42.1 Å². The largest absolute Gasteiger partial charge is 0.481 e. The van der Waals surface area contributed by atoms with Crippen LogP contribution in [0.1, 0.15) is 38.2 Å². The SMILES string of the molecule is Cc1cc(Cl)ccc1OC(C)C(=O)N(C)C1CC2CCC(C1)N2.Cl. The molecule has 3 rings (SSSR count). The topological polar surface area (TPSA) is 41.6 Å². The summed E-state index contributed by atoms with van der Waals surface area (Å²) in [7, 11) is 1.91. The zero-order valence-electron chi connectivity index (χ0n) is 14.4. The van der Waals surface area contributed by atoms with Gasteiger partial charge in [0.15, 0.2) is 6.10 Å². The first-order chi connectivity index (χ1) is 10.9. The van der Waals surface area contributed by atoms with E-state index >= 15 is 0 Å². The first kappa shape index (κ1) is 19.4. The van der Waals surface area contributed by atoms with E-state index in [2.05, 4.69) is 5.32 Å². The summed E-state index contributed by atoms with van der Waals surface area (Å²) in [6, 6.07) is 6.93. The molecule has 6 heteroatoms. The Morgan fingerprint density at radius 1 is 1.33 bits per heavy atom. The Morgan fingerprint density at radius 2 is 1.96 bits per heavy atom. The summed E-state index contributed by atoms with van der Waals surface area (Å²) < 4.78 is 5.88. The second-order valence-corrected chi connectivity index (χ2v) is 7.32. The summed E-state index contributed by atoms with van der Waals surface area (Å²) in [5.41, 5.74) is 0.944. The van der Waals surface area contributed by atoms with Crippen molar-refractivity contribution in [2.75, 3.05) is 7.05 Å². The zero-order chi connectivity index (χ0) is 16.6. The lowest BCUT2D eigenvalue weighted by atomic mass is 9.98. The molecule has 2 heterocycles. The Bertz CT molecular complexity index is 584. The van der Waals surface area contributed by atoms with Gasteiger partial charge in [-0.1, -0.05) is 11.6 Å². The van der Waals surface area contributed by atoms with Crippen molar-refractivity contribution >= 4 is 29.9 Å². The Morgan fingerprint density at radius 3 is 2.54 bits per heavy atom. The van der Waals surface area contributed by atoms with E-state index < -0.39 is 6.10 Å². The predicted octanol–water partition coefficient (Wildman–Crippen LogP) is 3.58. The molecule has 2 saturated heterocycles. The first-order valence-electron chi connectivity index (χ1n) is 8.39. The van der Waals surface area contributed by atoms with Crippen LogP contribution in [0.25, 0.3) is 0 Å². The molecule has 2 fully saturated rings. The third-order valence-electron chi connectivity index (χ3n) is 5.13. The van der Waals surface area contributed by atoms with E-state index in [1.807, 2.05) is 37.9 Å². The molecule has 134 valence electrons. The van der Waals surface area contributed by atoms with Crippen LogP contribution >= 0.6 is 24.0 Å². The number of carbonyl (C=O) groups excluding carboxylic acids is 1. The van der Waals surface area contributed by atoms with E-state index in [4.69, 9.17) is 16.3 Å². The number of ether oxygens (including phenoxy) is 1. The van der Waals surface area contributed by atoms with Crippen molar-refractivity contribution in [3.8, 4) is 5.75 Å². The van der Waals surface area contributed by atoms with Gasteiger partial charge >= 0.3 is 0 Å². The molecule has 0 aromatic heterocycles. The fourth-order valence-corrected chi connectivity index (χ4v) is 4.02. The molecule has 2 aliphatic heterocycles. The van der Waals surface area contributed by atoms with Gasteiger partial charge in [-0.25, -0.2) is 0 Å². The number of halogens is 2. The van der Waals surface area contributed by atoms with Gasteiger partial charge in [0, 0.05) is 30.2 Å². The lowest BCUT2D eigenvalue weighted by Gasteiger charge is -2.36. The van der Waals surface area contributed by atoms with Crippen molar-refractivity contribution < 1.29 is 9.53 Å². The molecule has 1 N–H and O–H groups in total. The lowest BCUT2D eigenvalue weighted by molar-refractivity contribution is -0.139. The Kier molecular flexibility index (Phi) is 6.40. The van der Waals surface area contributed by atoms with Gasteiger partial charge in [-0.2, -0.15) is 0 Å². The van der Waals surface area contributed by atoms with Crippen LogP contribution in [0.2, 0.25) is 5.02 Å². The number of benzene rings is 1. The normalized spacial score (nSPS) is 26.4. The van der Waals surface area contributed by atoms with E-state index in [0.717, 1.165) is 18.4 Å². The molecule has 0 saturated carbocycles. The van der Waals surface area contributed by atoms with E-state index in [1.54, 1.807) is 6.07 Å². The van der Waals surface area contributed by atoms with Crippen LogP contribution in [0.5, 0.6) is 5.75 Å². The lowest BCUT2D eigenvalue weighted by Crippen LogP contribution is -2.51. The summed E-state index contributed by atoms with van der Waals surface area (Å²) in [5.74, 6) is 0.764. The van der Waals surface area contributed by atoms with Crippen LogP contribution in [0.3, 0.4) is 0 Å². The number of aryl methyl sites for hydroxylation is 1. The minimum absolute atomic E-state index is 0. The highest BCUT2D eigenvalue weighted by molar-refractivity contribution is 6.30. The number of nitrogens with one attached hydrogen (secondary N) is 1. The van der Waals surface area contributed by atoms with E-state index in [9.17, 15) is 4.79 Å². The Hall–Kier alpha value is -0.970. The van der Waals surface area contributed by atoms with Crippen molar-refractivity contribution in [2.24, 2.45) is 0 Å². The minimum Gasteiger partial charge on any atom is -0.481 e. The predicted molar refractivity (Wildman–Crippen MR) is 99.3 cm³/mol. The van der Waals surface area contributed by atoms with Gasteiger partial charge in [0.2, 0.25) is 0 Å². The van der Waals surface area contributed by atoms with Gasteiger partial charge in [0.25, 0.3) is 5.91 Å². The standard InChI is InChI=1S/C18H25ClN2O2.ClH/c1-11-8-13(19)4-7-17(11)23-12(2)18(22)21(3)16-9-14-5-6-15(10-16)20-14;/h4,7-8,12,14-16,20H,5-6,9-10H2,1-3H3;1H. The van der Waals surface area contributed by atoms with Crippen molar-refractivity contribution in [1.82, 2.24) is 10.2 Å². The van der Waals surface area contributed by atoms with Gasteiger partial charge in [-0.15, -0.1) is 12.4 Å². The zero-order valence-corrected chi connectivity index (χ0v) is 16.0. The van der Waals surface area contributed by atoms with Crippen molar-refractivity contribution in [3.63, 3.8) is 0 Å². The van der Waals surface area contributed by atoms with E-state index in [-0.39, 0.29) is 18.3 Å². The van der Waals surface area contributed by atoms with Crippen LogP contribution < -0.4 is 10.1 Å².